The first kappa shape index (κ1) is 11.6. The monoisotopic (exact) mass is 255 g/mol. The van der Waals surface area contributed by atoms with Crippen LogP contribution in [0.25, 0.3) is 10.9 Å². The van der Waals surface area contributed by atoms with Crippen LogP contribution < -0.4 is 5.32 Å². The summed E-state index contributed by atoms with van der Waals surface area (Å²) in [5, 5.41) is 3.57. The topological polar surface area (TPSA) is 62.3 Å². The van der Waals surface area contributed by atoms with E-state index in [-0.39, 0.29) is 24.9 Å². The van der Waals surface area contributed by atoms with Crippen LogP contribution in [0.15, 0.2) is 36.5 Å². The van der Waals surface area contributed by atoms with Crippen molar-refractivity contribution in [2.45, 2.75) is 6.54 Å². The molecule has 5 nitrogen and oxygen atoms in total. The number of pyridine rings is 1. The quantitative estimate of drug-likeness (QED) is 0.859. The lowest BCUT2D eigenvalue weighted by Gasteiger charge is -2.26. The molecule has 3 rings (SSSR count). The Bertz CT molecular complexity index is 649. The van der Waals surface area contributed by atoms with Crippen LogP contribution in [0.4, 0.5) is 0 Å². The first-order valence-electron chi connectivity index (χ1n) is 6.11. The first-order chi connectivity index (χ1) is 9.24. The van der Waals surface area contributed by atoms with Crippen molar-refractivity contribution in [1.29, 1.82) is 0 Å². The van der Waals surface area contributed by atoms with E-state index in [9.17, 15) is 9.59 Å². The second-order valence-corrected chi connectivity index (χ2v) is 4.52. The van der Waals surface area contributed by atoms with E-state index in [2.05, 4.69) is 10.3 Å². The number of fused-ring (bicyclic) bond motifs is 1. The fourth-order valence-corrected chi connectivity index (χ4v) is 2.25. The first-order valence-corrected chi connectivity index (χ1v) is 6.11. The molecule has 0 unspecified atom stereocenters. The van der Waals surface area contributed by atoms with Crippen molar-refractivity contribution < 1.29 is 9.59 Å². The molecule has 0 radical (unpaired) electrons. The number of rotatable bonds is 2. The second kappa shape index (κ2) is 4.68. The zero-order chi connectivity index (χ0) is 13.2. The van der Waals surface area contributed by atoms with Gasteiger partial charge in [0.15, 0.2) is 0 Å². The SMILES string of the molecule is O=C1CN(Cc2cccc3cccnc23)C(=O)CN1. The van der Waals surface area contributed by atoms with E-state index in [0.29, 0.717) is 6.54 Å². The lowest BCUT2D eigenvalue weighted by molar-refractivity contribution is -0.141. The number of carbonyl (C=O) groups excluding carboxylic acids is 2. The Morgan fingerprint density at radius 2 is 2.05 bits per heavy atom. The summed E-state index contributed by atoms with van der Waals surface area (Å²) in [4.78, 5) is 29.0. The summed E-state index contributed by atoms with van der Waals surface area (Å²) in [7, 11) is 0. The van der Waals surface area contributed by atoms with Crippen LogP contribution in [0.5, 0.6) is 0 Å². The molecule has 2 aromatic rings. The molecule has 1 saturated heterocycles. The third-order valence-corrected chi connectivity index (χ3v) is 3.20. The average Bonchev–Trinajstić information content (AvgIpc) is 2.43. The molecule has 19 heavy (non-hydrogen) atoms. The number of amides is 2. The molecule has 2 heterocycles. The van der Waals surface area contributed by atoms with Crippen molar-refractivity contribution in [3.8, 4) is 0 Å². The van der Waals surface area contributed by atoms with E-state index in [1.54, 1.807) is 11.1 Å². The van der Waals surface area contributed by atoms with Gasteiger partial charge in [-0.3, -0.25) is 14.6 Å². The summed E-state index contributed by atoms with van der Waals surface area (Å²) in [5.74, 6) is -0.180. The number of benzene rings is 1. The zero-order valence-electron chi connectivity index (χ0n) is 10.3. The summed E-state index contributed by atoms with van der Waals surface area (Å²) < 4.78 is 0. The second-order valence-electron chi connectivity index (χ2n) is 4.52. The summed E-state index contributed by atoms with van der Waals surface area (Å²) in [6, 6.07) is 9.72. The maximum atomic E-state index is 11.8. The molecule has 1 aromatic carbocycles. The number of carbonyl (C=O) groups is 2. The Hall–Kier alpha value is -2.43. The maximum absolute atomic E-state index is 11.8. The van der Waals surface area contributed by atoms with Gasteiger partial charge >= 0.3 is 0 Å². The molecule has 1 fully saturated rings. The van der Waals surface area contributed by atoms with Gasteiger partial charge in [0.05, 0.1) is 18.6 Å². The molecule has 0 saturated carbocycles. The van der Waals surface area contributed by atoms with Gasteiger partial charge in [-0.2, -0.15) is 0 Å². The zero-order valence-corrected chi connectivity index (χ0v) is 10.3. The van der Waals surface area contributed by atoms with Crippen molar-refractivity contribution in [1.82, 2.24) is 15.2 Å². The number of nitrogens with zero attached hydrogens (tertiary/aromatic N) is 2. The van der Waals surface area contributed by atoms with E-state index in [0.717, 1.165) is 16.5 Å². The summed E-state index contributed by atoms with van der Waals surface area (Å²) in [5.41, 5.74) is 1.84. The van der Waals surface area contributed by atoms with E-state index >= 15 is 0 Å². The maximum Gasteiger partial charge on any atom is 0.242 e. The molecule has 1 aliphatic heterocycles. The van der Waals surface area contributed by atoms with Crippen molar-refractivity contribution >= 4 is 22.7 Å². The molecule has 1 aromatic heterocycles. The number of aromatic nitrogens is 1. The van der Waals surface area contributed by atoms with Crippen LogP contribution in [0, 0.1) is 0 Å². The summed E-state index contributed by atoms with van der Waals surface area (Å²) >= 11 is 0. The van der Waals surface area contributed by atoms with Gasteiger partial charge in [-0.1, -0.05) is 24.3 Å². The Morgan fingerprint density at radius 1 is 1.21 bits per heavy atom. The van der Waals surface area contributed by atoms with Crippen molar-refractivity contribution in [2.75, 3.05) is 13.1 Å². The van der Waals surface area contributed by atoms with Gasteiger partial charge in [0.2, 0.25) is 11.8 Å². The highest BCUT2D eigenvalue weighted by Gasteiger charge is 2.23. The van der Waals surface area contributed by atoms with Gasteiger partial charge in [0, 0.05) is 18.1 Å². The Kier molecular flexibility index (Phi) is 2.87. The number of hydrogen-bond donors (Lipinski definition) is 1. The Balaban J connectivity index is 1.92. The van der Waals surface area contributed by atoms with Crippen LogP contribution in [0.2, 0.25) is 0 Å². The molecule has 0 aliphatic carbocycles. The van der Waals surface area contributed by atoms with Crippen LogP contribution in [0.1, 0.15) is 5.56 Å². The smallest absolute Gasteiger partial charge is 0.242 e. The van der Waals surface area contributed by atoms with Gasteiger partial charge in [-0.05, 0) is 11.6 Å². The van der Waals surface area contributed by atoms with Crippen molar-refractivity contribution in [3.05, 3.63) is 42.1 Å². The average molecular weight is 255 g/mol. The third-order valence-electron chi connectivity index (χ3n) is 3.20. The predicted molar refractivity (Wildman–Crippen MR) is 70.2 cm³/mol. The molecular formula is C14H13N3O2. The third kappa shape index (κ3) is 2.27. The Morgan fingerprint density at radius 3 is 2.95 bits per heavy atom. The van der Waals surface area contributed by atoms with Crippen LogP contribution >= 0.6 is 0 Å². The van der Waals surface area contributed by atoms with E-state index in [4.69, 9.17) is 0 Å². The van der Waals surface area contributed by atoms with Crippen LogP contribution in [-0.4, -0.2) is 34.8 Å². The number of hydrogen-bond acceptors (Lipinski definition) is 3. The summed E-state index contributed by atoms with van der Waals surface area (Å²) in [6.45, 7) is 0.611. The minimum Gasteiger partial charge on any atom is -0.345 e. The van der Waals surface area contributed by atoms with Crippen molar-refractivity contribution in [2.24, 2.45) is 0 Å². The minimum absolute atomic E-state index is 0.0625. The molecule has 1 aliphatic rings. The molecule has 0 bridgehead atoms. The molecule has 5 heteroatoms. The van der Waals surface area contributed by atoms with Gasteiger partial charge in [-0.25, -0.2) is 0 Å². The lowest BCUT2D eigenvalue weighted by Crippen LogP contribution is -2.51. The standard InChI is InChI=1S/C14H13N3O2/c18-12-9-17(13(19)7-16-12)8-11-4-1-3-10-5-2-6-15-14(10)11/h1-6H,7-9H2,(H,16,18). The largest absolute Gasteiger partial charge is 0.345 e. The molecular weight excluding hydrogens is 242 g/mol. The number of piperazine rings is 1. The van der Waals surface area contributed by atoms with Gasteiger partial charge in [0.1, 0.15) is 0 Å². The molecule has 0 spiro atoms. The fraction of sp³-hybridized carbons (Fsp3) is 0.214. The van der Waals surface area contributed by atoms with Gasteiger partial charge < -0.3 is 10.2 Å². The van der Waals surface area contributed by atoms with Crippen LogP contribution in [-0.2, 0) is 16.1 Å². The van der Waals surface area contributed by atoms with Crippen LogP contribution in [0.3, 0.4) is 0 Å². The highest BCUT2D eigenvalue weighted by Crippen LogP contribution is 2.18. The normalized spacial score (nSPS) is 15.7. The summed E-state index contributed by atoms with van der Waals surface area (Å²) in [6.07, 6.45) is 1.73. The molecule has 0 atom stereocenters. The fourth-order valence-electron chi connectivity index (χ4n) is 2.25. The van der Waals surface area contributed by atoms with E-state index in [1.807, 2.05) is 30.3 Å². The molecule has 96 valence electrons. The number of nitrogens with one attached hydrogen (secondary N) is 1. The van der Waals surface area contributed by atoms with E-state index < -0.39 is 0 Å². The lowest BCUT2D eigenvalue weighted by atomic mass is 10.1. The highest BCUT2D eigenvalue weighted by molar-refractivity contribution is 5.92. The van der Waals surface area contributed by atoms with Gasteiger partial charge in [-0.15, -0.1) is 0 Å². The highest BCUT2D eigenvalue weighted by atomic mass is 16.2. The van der Waals surface area contributed by atoms with Gasteiger partial charge in [0.25, 0.3) is 0 Å². The number of para-hydroxylation sites is 1. The minimum atomic E-state index is -0.118. The molecule has 2 amide bonds. The Labute approximate surface area is 110 Å². The molecule has 1 N–H and O–H groups in total. The van der Waals surface area contributed by atoms with E-state index in [1.165, 1.54) is 0 Å². The predicted octanol–water partition coefficient (Wildman–Crippen LogP) is 0.693. The van der Waals surface area contributed by atoms with Crippen molar-refractivity contribution in [3.63, 3.8) is 0 Å².